The summed E-state index contributed by atoms with van der Waals surface area (Å²) in [6, 6.07) is 0. The van der Waals surface area contributed by atoms with Crippen LogP contribution in [0.2, 0.25) is 0 Å². The molecule has 17 heavy (non-hydrogen) atoms. The van der Waals surface area contributed by atoms with Gasteiger partial charge in [0.05, 0.1) is 13.1 Å². The number of hydrogen-bond donors (Lipinski definition) is 0. The second kappa shape index (κ2) is 6.39. The Hall–Kier alpha value is -1.37. The molecular weight excluding hydrogens is 225 g/mol. The van der Waals surface area contributed by atoms with Crippen LogP contribution in [-0.4, -0.2) is 49.8 Å². The van der Waals surface area contributed by atoms with Crippen LogP contribution in [0.5, 0.6) is 0 Å². The van der Waals surface area contributed by atoms with Crippen LogP contribution in [0.4, 0.5) is 0 Å². The first-order chi connectivity index (χ1) is 8.02. The molecule has 1 saturated heterocycles. The first-order valence-electron chi connectivity index (χ1n) is 5.63. The Morgan fingerprint density at radius 2 is 1.82 bits per heavy atom. The van der Waals surface area contributed by atoms with E-state index in [0.717, 1.165) is 6.42 Å². The van der Waals surface area contributed by atoms with Crippen LogP contribution in [0.3, 0.4) is 0 Å². The molecule has 1 aliphatic rings. The molecule has 0 amide bonds. The van der Waals surface area contributed by atoms with Crippen molar-refractivity contribution in [2.24, 2.45) is 0 Å². The van der Waals surface area contributed by atoms with Crippen LogP contribution in [0, 0.1) is 0 Å². The van der Waals surface area contributed by atoms with Crippen molar-refractivity contribution < 1.29 is 23.7 Å². The fourth-order valence-electron chi connectivity index (χ4n) is 1.43. The second-order valence-electron chi connectivity index (χ2n) is 4.05. The van der Waals surface area contributed by atoms with Crippen molar-refractivity contribution in [3.8, 4) is 0 Å². The van der Waals surface area contributed by atoms with Crippen molar-refractivity contribution in [3.05, 3.63) is 0 Å². The Bertz CT molecular complexity index is 300. The molecule has 1 rings (SSSR count). The number of likely N-dealkylation sites (N-methyl/N-ethyl adjacent to an activating group) is 1. The minimum atomic E-state index is -1.37. The molecular formula is C10H16BNO5. The summed E-state index contributed by atoms with van der Waals surface area (Å²) in [5, 5.41) is 0. The predicted octanol–water partition coefficient (Wildman–Crippen LogP) is -0.195. The van der Waals surface area contributed by atoms with Crippen molar-refractivity contribution in [1.29, 1.82) is 0 Å². The van der Waals surface area contributed by atoms with Gasteiger partial charge in [-0.2, -0.15) is 0 Å². The molecule has 1 fully saturated rings. The largest absolute Gasteiger partial charge is 0.674 e. The van der Waals surface area contributed by atoms with E-state index in [1.807, 2.05) is 6.92 Å². The number of rotatable bonds is 4. The van der Waals surface area contributed by atoms with E-state index in [1.54, 1.807) is 7.05 Å². The van der Waals surface area contributed by atoms with Gasteiger partial charge in [-0.05, 0) is 13.5 Å². The van der Waals surface area contributed by atoms with Gasteiger partial charge >= 0.3 is 19.1 Å². The molecule has 0 radical (unpaired) electrons. The number of carbonyl (C=O) groups is 3. The third kappa shape index (κ3) is 4.56. The van der Waals surface area contributed by atoms with Crippen molar-refractivity contribution in [3.63, 3.8) is 0 Å². The van der Waals surface area contributed by atoms with Gasteiger partial charge in [0.1, 0.15) is 0 Å². The molecule has 0 aromatic heterocycles. The SMILES string of the molecule is CCCCC(=O)B1OC(=O)CN(C)CC(=O)O1. The molecule has 0 unspecified atom stereocenters. The third-order valence-corrected chi connectivity index (χ3v) is 2.31. The number of carbonyl (C=O) groups excluding carboxylic acids is 3. The summed E-state index contributed by atoms with van der Waals surface area (Å²) in [6.45, 7) is 1.90. The van der Waals surface area contributed by atoms with Crippen molar-refractivity contribution in [1.82, 2.24) is 4.90 Å². The molecule has 0 saturated carbocycles. The van der Waals surface area contributed by atoms with Gasteiger partial charge in [0.2, 0.25) is 0 Å². The Labute approximate surface area is 100 Å². The minimum absolute atomic E-state index is 0.0212. The highest BCUT2D eigenvalue weighted by molar-refractivity contribution is 6.82. The lowest BCUT2D eigenvalue weighted by atomic mass is 9.79. The van der Waals surface area contributed by atoms with Crippen molar-refractivity contribution in [2.45, 2.75) is 26.2 Å². The highest BCUT2D eigenvalue weighted by atomic mass is 16.6. The molecule has 0 atom stereocenters. The van der Waals surface area contributed by atoms with E-state index in [-0.39, 0.29) is 25.2 Å². The average Bonchev–Trinajstić information content (AvgIpc) is 2.22. The van der Waals surface area contributed by atoms with Crippen LogP contribution < -0.4 is 0 Å². The lowest BCUT2D eigenvalue weighted by molar-refractivity contribution is -0.147. The standard InChI is InChI=1S/C10H16BNO5/c1-3-4-5-8(13)11-16-9(14)6-12(2)7-10(15)17-11/h3-7H2,1-2H3. The molecule has 0 spiro atoms. The summed E-state index contributed by atoms with van der Waals surface area (Å²) < 4.78 is 9.64. The van der Waals surface area contributed by atoms with E-state index in [9.17, 15) is 14.4 Å². The van der Waals surface area contributed by atoms with Crippen LogP contribution >= 0.6 is 0 Å². The van der Waals surface area contributed by atoms with Crippen LogP contribution in [0.25, 0.3) is 0 Å². The summed E-state index contributed by atoms with van der Waals surface area (Å²) in [5.41, 5.74) is -0.363. The predicted molar refractivity (Wildman–Crippen MR) is 60.0 cm³/mol. The smallest absolute Gasteiger partial charge is 0.493 e. The molecule has 1 aliphatic heterocycles. The Kier molecular flexibility index (Phi) is 5.15. The normalized spacial score (nSPS) is 18.1. The Balaban J connectivity index is 2.61. The van der Waals surface area contributed by atoms with E-state index < -0.39 is 19.1 Å². The monoisotopic (exact) mass is 241 g/mol. The van der Waals surface area contributed by atoms with Gasteiger partial charge in [-0.1, -0.05) is 13.3 Å². The van der Waals surface area contributed by atoms with E-state index in [0.29, 0.717) is 6.42 Å². The van der Waals surface area contributed by atoms with Gasteiger partial charge in [-0.15, -0.1) is 0 Å². The minimum Gasteiger partial charge on any atom is -0.493 e. The number of nitrogens with zero attached hydrogens (tertiary/aromatic N) is 1. The highest BCUT2D eigenvalue weighted by Gasteiger charge is 2.38. The second-order valence-corrected chi connectivity index (χ2v) is 4.05. The van der Waals surface area contributed by atoms with Crippen LogP contribution in [0.1, 0.15) is 26.2 Å². The maximum absolute atomic E-state index is 11.6. The lowest BCUT2D eigenvalue weighted by Gasteiger charge is -2.21. The zero-order valence-electron chi connectivity index (χ0n) is 10.1. The summed E-state index contributed by atoms with van der Waals surface area (Å²) in [4.78, 5) is 35.8. The van der Waals surface area contributed by atoms with Gasteiger partial charge in [0.25, 0.3) is 0 Å². The van der Waals surface area contributed by atoms with Crippen molar-refractivity contribution in [2.75, 3.05) is 20.1 Å². The summed E-state index contributed by atoms with van der Waals surface area (Å²) in [5.74, 6) is -1.12. The fraction of sp³-hybridized carbons (Fsp3) is 0.700. The van der Waals surface area contributed by atoms with Gasteiger partial charge < -0.3 is 14.1 Å². The fourth-order valence-corrected chi connectivity index (χ4v) is 1.43. The molecule has 0 aromatic rings. The molecule has 0 N–H and O–H groups in total. The quantitative estimate of drug-likeness (QED) is 0.635. The Morgan fingerprint density at radius 1 is 1.29 bits per heavy atom. The number of unbranched alkanes of at least 4 members (excludes halogenated alkanes) is 1. The van der Waals surface area contributed by atoms with Crippen molar-refractivity contribution >= 4 is 24.7 Å². The summed E-state index contributed by atoms with van der Waals surface area (Å²) >= 11 is 0. The first-order valence-corrected chi connectivity index (χ1v) is 5.63. The van der Waals surface area contributed by atoms with E-state index in [1.165, 1.54) is 4.90 Å². The molecule has 6 nitrogen and oxygen atoms in total. The van der Waals surface area contributed by atoms with Gasteiger partial charge in [-0.3, -0.25) is 14.5 Å². The maximum Gasteiger partial charge on any atom is 0.674 e. The van der Waals surface area contributed by atoms with Gasteiger partial charge in [0, 0.05) is 6.42 Å². The molecule has 0 bridgehead atoms. The van der Waals surface area contributed by atoms with E-state index in [4.69, 9.17) is 9.31 Å². The average molecular weight is 241 g/mol. The summed E-state index contributed by atoms with van der Waals surface area (Å²) in [6.07, 6.45) is 1.78. The van der Waals surface area contributed by atoms with E-state index in [2.05, 4.69) is 0 Å². The van der Waals surface area contributed by atoms with Gasteiger partial charge in [0.15, 0.2) is 5.68 Å². The zero-order valence-corrected chi connectivity index (χ0v) is 10.1. The summed E-state index contributed by atoms with van der Waals surface area (Å²) in [7, 11) is 0.233. The number of hydrogen-bond acceptors (Lipinski definition) is 6. The molecule has 7 heteroatoms. The molecule has 0 aromatic carbocycles. The van der Waals surface area contributed by atoms with Crippen LogP contribution in [0.15, 0.2) is 0 Å². The Morgan fingerprint density at radius 3 is 2.29 bits per heavy atom. The zero-order chi connectivity index (χ0) is 12.8. The molecule has 0 aliphatic carbocycles. The van der Waals surface area contributed by atoms with Crippen LogP contribution in [-0.2, 0) is 23.7 Å². The molecule has 1 heterocycles. The third-order valence-electron chi connectivity index (χ3n) is 2.31. The maximum atomic E-state index is 11.6. The topological polar surface area (TPSA) is 72.9 Å². The van der Waals surface area contributed by atoms with E-state index >= 15 is 0 Å². The highest BCUT2D eigenvalue weighted by Crippen LogP contribution is 2.05. The molecule has 94 valence electrons. The first kappa shape index (κ1) is 13.7. The lowest BCUT2D eigenvalue weighted by Crippen LogP contribution is -2.46. The van der Waals surface area contributed by atoms with Gasteiger partial charge in [-0.25, -0.2) is 0 Å².